The maximum atomic E-state index is 12.8. The molecule has 6 nitrogen and oxygen atoms in total. The average molecular weight is 956 g/mol. The van der Waals surface area contributed by atoms with Gasteiger partial charge in [-0.25, -0.2) is 0 Å². The third-order valence-electron chi connectivity index (χ3n) is 11.7. The van der Waals surface area contributed by atoms with Crippen molar-refractivity contribution in [3.8, 4) is 0 Å². The molecule has 0 aliphatic carbocycles. The van der Waals surface area contributed by atoms with Gasteiger partial charge in [0, 0.05) is 19.3 Å². The molecule has 0 aromatic rings. The van der Waals surface area contributed by atoms with Crippen molar-refractivity contribution in [1.29, 1.82) is 0 Å². The van der Waals surface area contributed by atoms with Crippen molar-refractivity contribution < 1.29 is 28.6 Å². The van der Waals surface area contributed by atoms with E-state index in [4.69, 9.17) is 14.2 Å². The highest BCUT2D eigenvalue weighted by Gasteiger charge is 2.19. The first-order chi connectivity index (χ1) is 34.0. The molecule has 0 saturated carbocycles. The summed E-state index contributed by atoms with van der Waals surface area (Å²) in [5, 5.41) is 0. The maximum absolute atomic E-state index is 12.8. The molecule has 6 heteroatoms. The Morgan fingerprint density at radius 3 is 0.928 bits per heavy atom. The molecule has 0 spiro atoms. The summed E-state index contributed by atoms with van der Waals surface area (Å²) in [5.41, 5.74) is 0. The van der Waals surface area contributed by atoms with Gasteiger partial charge in [-0.15, -0.1) is 0 Å². The van der Waals surface area contributed by atoms with Crippen LogP contribution < -0.4 is 0 Å². The largest absolute Gasteiger partial charge is 0.462 e. The van der Waals surface area contributed by atoms with E-state index >= 15 is 0 Å². The van der Waals surface area contributed by atoms with E-state index in [1.807, 2.05) is 60.8 Å². The number of ether oxygens (including phenoxy) is 3. The fraction of sp³-hybridized carbons (Fsp3) is 0.635. The highest BCUT2D eigenvalue weighted by molar-refractivity contribution is 5.71. The van der Waals surface area contributed by atoms with Gasteiger partial charge in [0.2, 0.25) is 0 Å². The van der Waals surface area contributed by atoms with E-state index in [1.165, 1.54) is 103 Å². The quantitative estimate of drug-likeness (QED) is 0.0262. The van der Waals surface area contributed by atoms with Gasteiger partial charge in [0.05, 0.1) is 0 Å². The second-order valence-corrected chi connectivity index (χ2v) is 18.4. The molecule has 1 unspecified atom stereocenters. The Morgan fingerprint density at radius 2 is 0.565 bits per heavy atom. The van der Waals surface area contributed by atoms with Crippen LogP contribution in [0.15, 0.2) is 122 Å². The Kier molecular flexibility index (Phi) is 53.0. The summed E-state index contributed by atoms with van der Waals surface area (Å²) in [6, 6.07) is 0. The molecule has 0 amide bonds. The van der Waals surface area contributed by atoms with Gasteiger partial charge in [-0.3, -0.25) is 14.4 Å². The predicted molar refractivity (Wildman–Crippen MR) is 297 cm³/mol. The molecule has 390 valence electrons. The molecule has 0 aliphatic heterocycles. The molecule has 0 heterocycles. The lowest BCUT2D eigenvalue weighted by Gasteiger charge is -2.18. The molecule has 0 aromatic carbocycles. The maximum Gasteiger partial charge on any atom is 0.306 e. The van der Waals surface area contributed by atoms with Crippen molar-refractivity contribution in [2.75, 3.05) is 13.2 Å². The fourth-order valence-corrected chi connectivity index (χ4v) is 7.49. The van der Waals surface area contributed by atoms with Crippen LogP contribution in [0.2, 0.25) is 0 Å². The zero-order valence-electron chi connectivity index (χ0n) is 44.5. The summed E-state index contributed by atoms with van der Waals surface area (Å²) in [6.07, 6.45) is 77.5. The van der Waals surface area contributed by atoms with Crippen LogP contribution in [0, 0.1) is 0 Å². The topological polar surface area (TPSA) is 78.9 Å². The average Bonchev–Trinajstić information content (AvgIpc) is 3.35. The van der Waals surface area contributed by atoms with Gasteiger partial charge in [-0.2, -0.15) is 0 Å². The number of unbranched alkanes of at least 4 members (excludes halogenated alkanes) is 26. The van der Waals surface area contributed by atoms with Crippen molar-refractivity contribution in [2.45, 2.75) is 245 Å². The molecule has 0 saturated heterocycles. The Labute approximate surface area is 424 Å². The Bertz CT molecular complexity index is 1470. The summed E-state index contributed by atoms with van der Waals surface area (Å²) < 4.78 is 16.8. The summed E-state index contributed by atoms with van der Waals surface area (Å²) >= 11 is 0. The molecule has 0 rings (SSSR count). The molecule has 69 heavy (non-hydrogen) atoms. The van der Waals surface area contributed by atoms with Gasteiger partial charge >= 0.3 is 17.9 Å². The third-order valence-corrected chi connectivity index (χ3v) is 11.7. The molecule has 0 aliphatic rings. The zero-order chi connectivity index (χ0) is 50.0. The lowest BCUT2D eigenvalue weighted by molar-refractivity contribution is -0.167. The SMILES string of the molecule is CC\C=C/C=C\C=C/C=C\C=C\C=C/CCCCCC(=O)OC(COC(=O)CCCCCCC\C=C/C=C\C=C/C=C\CCCCC)COC(=O)CCCCCCCCCCCCCCCCCC. The van der Waals surface area contributed by atoms with Crippen molar-refractivity contribution in [1.82, 2.24) is 0 Å². The lowest BCUT2D eigenvalue weighted by Crippen LogP contribution is -2.30. The molecule has 0 aromatic heterocycles. The van der Waals surface area contributed by atoms with E-state index < -0.39 is 6.10 Å². The first-order valence-electron chi connectivity index (χ1n) is 28.2. The summed E-state index contributed by atoms with van der Waals surface area (Å²) in [7, 11) is 0. The van der Waals surface area contributed by atoms with Gasteiger partial charge < -0.3 is 14.2 Å². The zero-order valence-corrected chi connectivity index (χ0v) is 44.5. The number of allylic oxidation sites excluding steroid dienone is 20. The predicted octanol–water partition coefficient (Wildman–Crippen LogP) is 18.9. The van der Waals surface area contributed by atoms with E-state index in [9.17, 15) is 14.4 Å². The van der Waals surface area contributed by atoms with Crippen LogP contribution in [-0.4, -0.2) is 37.2 Å². The normalized spacial score (nSPS) is 13.0. The first kappa shape index (κ1) is 64.8. The molecule has 0 bridgehead atoms. The highest BCUT2D eigenvalue weighted by atomic mass is 16.6. The van der Waals surface area contributed by atoms with Gasteiger partial charge in [0.25, 0.3) is 0 Å². The number of esters is 3. The Balaban J connectivity index is 4.54. The van der Waals surface area contributed by atoms with Crippen LogP contribution in [0.25, 0.3) is 0 Å². The van der Waals surface area contributed by atoms with Crippen LogP contribution in [0.5, 0.6) is 0 Å². The summed E-state index contributed by atoms with van der Waals surface area (Å²) in [5.74, 6) is -0.973. The molecular formula is C63H102O6. The summed E-state index contributed by atoms with van der Waals surface area (Å²) in [6.45, 7) is 6.40. The van der Waals surface area contributed by atoms with Crippen LogP contribution in [0.3, 0.4) is 0 Å². The minimum absolute atomic E-state index is 0.105. The number of carbonyl (C=O) groups excluding carboxylic acids is 3. The smallest absolute Gasteiger partial charge is 0.306 e. The minimum atomic E-state index is -0.814. The van der Waals surface area contributed by atoms with Gasteiger partial charge in [0.1, 0.15) is 13.2 Å². The summed E-state index contributed by atoms with van der Waals surface area (Å²) in [4.78, 5) is 38.1. The molecule has 1 atom stereocenters. The van der Waals surface area contributed by atoms with Crippen LogP contribution in [0.1, 0.15) is 239 Å². The number of hydrogen-bond acceptors (Lipinski definition) is 6. The van der Waals surface area contributed by atoms with Crippen LogP contribution in [0.4, 0.5) is 0 Å². The van der Waals surface area contributed by atoms with E-state index in [-0.39, 0.29) is 37.5 Å². The van der Waals surface area contributed by atoms with Gasteiger partial charge in [0.15, 0.2) is 6.10 Å². The van der Waals surface area contributed by atoms with E-state index in [0.717, 1.165) is 89.9 Å². The fourth-order valence-electron chi connectivity index (χ4n) is 7.49. The van der Waals surface area contributed by atoms with Crippen molar-refractivity contribution in [2.24, 2.45) is 0 Å². The monoisotopic (exact) mass is 955 g/mol. The number of carbonyl (C=O) groups is 3. The Hall–Kier alpha value is -4.19. The van der Waals surface area contributed by atoms with Gasteiger partial charge in [-0.05, 0) is 64.2 Å². The van der Waals surface area contributed by atoms with Crippen molar-refractivity contribution in [3.05, 3.63) is 122 Å². The standard InChI is InChI=1S/C63H102O6/c1-4-7-10-13-16-19-22-25-28-31-33-35-38-41-44-47-50-53-56-62(65)68-59-60(58-67-61(64)55-52-49-46-43-40-37-34-30-27-24-21-18-15-12-9-6-3)69-63(66)57-54-51-48-45-42-39-36-32-29-26-23-20-17-14-11-8-5-2/h8,11,14,16-17,19-20,22-23,25-26,28-29,31-33,35-36,39,42,60H,4-7,9-10,12-13,15,18,21,24,27,30,34,37-38,40-41,43-59H2,1-3H3/b11-8-,17-14-,19-16-,23-20-,25-22-,29-26-,31-28-,35-33-,36-32+,42-39-. The lowest BCUT2D eigenvalue weighted by atomic mass is 10.0. The molecular weight excluding hydrogens is 853 g/mol. The van der Waals surface area contributed by atoms with Crippen molar-refractivity contribution in [3.63, 3.8) is 0 Å². The third kappa shape index (κ3) is 54.6. The van der Waals surface area contributed by atoms with E-state index in [2.05, 4.69) is 81.5 Å². The van der Waals surface area contributed by atoms with Gasteiger partial charge in [-0.1, -0.05) is 277 Å². The van der Waals surface area contributed by atoms with Crippen LogP contribution >= 0.6 is 0 Å². The Morgan fingerprint density at radius 1 is 0.304 bits per heavy atom. The first-order valence-corrected chi connectivity index (χ1v) is 28.2. The van der Waals surface area contributed by atoms with Crippen LogP contribution in [-0.2, 0) is 28.6 Å². The molecule has 0 N–H and O–H groups in total. The second kappa shape index (κ2) is 56.4. The van der Waals surface area contributed by atoms with E-state index in [1.54, 1.807) is 0 Å². The number of hydrogen-bond donors (Lipinski definition) is 0. The minimum Gasteiger partial charge on any atom is -0.462 e. The molecule has 0 fully saturated rings. The highest BCUT2D eigenvalue weighted by Crippen LogP contribution is 2.15. The second-order valence-electron chi connectivity index (χ2n) is 18.4. The number of rotatable bonds is 49. The molecule has 0 radical (unpaired) electrons. The van der Waals surface area contributed by atoms with E-state index in [0.29, 0.717) is 19.3 Å². The van der Waals surface area contributed by atoms with Crippen molar-refractivity contribution >= 4 is 17.9 Å².